The molecule has 0 saturated carbocycles. The van der Waals surface area contributed by atoms with Crippen LogP contribution in [0.5, 0.6) is 0 Å². The Morgan fingerprint density at radius 2 is 2.20 bits per heavy atom. The van der Waals surface area contributed by atoms with Crippen LogP contribution in [0.3, 0.4) is 0 Å². The van der Waals surface area contributed by atoms with E-state index in [1.54, 1.807) is 0 Å². The largest absolute Gasteiger partial charge is 0.480 e. The Hall–Kier alpha value is -1.72. The third-order valence-electron chi connectivity index (χ3n) is 4.86. The summed E-state index contributed by atoms with van der Waals surface area (Å²) in [6.45, 7) is 2.87. The maximum Gasteiger partial charge on any atom is 0.320 e. The molecule has 0 amide bonds. The molecule has 2 aromatic rings. The lowest BCUT2D eigenvalue weighted by atomic mass is 9.94. The van der Waals surface area contributed by atoms with E-state index in [0.717, 1.165) is 41.5 Å². The maximum atomic E-state index is 11.8. The molecule has 0 aliphatic carbocycles. The van der Waals surface area contributed by atoms with Crippen LogP contribution in [-0.4, -0.2) is 33.5 Å². The van der Waals surface area contributed by atoms with Gasteiger partial charge in [-0.05, 0) is 55.1 Å². The molecule has 1 aromatic heterocycles. The Kier molecular flexibility index (Phi) is 5.86. The zero-order valence-electron chi connectivity index (χ0n) is 14.4. The van der Waals surface area contributed by atoms with Gasteiger partial charge in [0.15, 0.2) is 0 Å². The first-order valence-corrected chi connectivity index (χ1v) is 9.58. The molecule has 0 spiro atoms. The van der Waals surface area contributed by atoms with E-state index in [9.17, 15) is 9.90 Å². The van der Waals surface area contributed by atoms with Crippen LogP contribution in [0.15, 0.2) is 47.1 Å². The molecule has 4 nitrogen and oxygen atoms in total. The summed E-state index contributed by atoms with van der Waals surface area (Å²) in [5.41, 5.74) is 3.16. The number of halogens is 1. The molecule has 3 rings (SSSR count). The van der Waals surface area contributed by atoms with Gasteiger partial charge in [-0.25, -0.2) is 0 Å². The van der Waals surface area contributed by atoms with Crippen LogP contribution in [0.1, 0.15) is 49.0 Å². The van der Waals surface area contributed by atoms with E-state index in [0.29, 0.717) is 6.42 Å². The normalized spacial score (nSPS) is 19.5. The molecule has 1 N–H and O–H groups in total. The Morgan fingerprint density at radius 3 is 2.84 bits per heavy atom. The standard InChI is InChI=1S/C20H23BrN2O2/c1-2-14-9-10-17(22-13-14)19(15-6-5-7-16(21)12-15)23-11-4-3-8-18(23)20(24)25/h5-7,9-10,12-13,18-19H,2-4,8,11H2,1H3,(H,24,25). The average Bonchev–Trinajstić information content (AvgIpc) is 2.63. The van der Waals surface area contributed by atoms with Crippen LogP contribution in [0.4, 0.5) is 0 Å². The van der Waals surface area contributed by atoms with Gasteiger partial charge in [0.25, 0.3) is 0 Å². The number of carbonyl (C=O) groups is 1. The third kappa shape index (κ3) is 4.10. The van der Waals surface area contributed by atoms with Gasteiger partial charge in [0.05, 0.1) is 11.7 Å². The molecule has 2 heterocycles. The number of hydrogen-bond acceptors (Lipinski definition) is 3. The number of pyridine rings is 1. The first-order chi connectivity index (χ1) is 12.1. The molecule has 132 valence electrons. The lowest BCUT2D eigenvalue weighted by Crippen LogP contribution is -2.47. The fourth-order valence-electron chi connectivity index (χ4n) is 3.54. The van der Waals surface area contributed by atoms with Crippen LogP contribution >= 0.6 is 15.9 Å². The number of benzene rings is 1. The lowest BCUT2D eigenvalue weighted by Gasteiger charge is -2.39. The highest BCUT2D eigenvalue weighted by Gasteiger charge is 2.35. The van der Waals surface area contributed by atoms with Gasteiger partial charge in [-0.15, -0.1) is 0 Å². The molecule has 1 saturated heterocycles. The smallest absolute Gasteiger partial charge is 0.320 e. The monoisotopic (exact) mass is 402 g/mol. The van der Waals surface area contributed by atoms with Crippen molar-refractivity contribution in [3.05, 3.63) is 63.9 Å². The van der Waals surface area contributed by atoms with Crippen LogP contribution in [0, 0.1) is 0 Å². The van der Waals surface area contributed by atoms with Crippen molar-refractivity contribution in [1.82, 2.24) is 9.88 Å². The van der Waals surface area contributed by atoms with Gasteiger partial charge in [-0.2, -0.15) is 0 Å². The number of hydrogen-bond donors (Lipinski definition) is 1. The molecular formula is C20H23BrN2O2. The van der Waals surface area contributed by atoms with Gasteiger partial charge in [0, 0.05) is 10.7 Å². The molecule has 1 aromatic carbocycles. The van der Waals surface area contributed by atoms with Crippen molar-refractivity contribution in [3.63, 3.8) is 0 Å². The Labute approximate surface area is 157 Å². The van der Waals surface area contributed by atoms with Gasteiger partial charge in [0.2, 0.25) is 0 Å². The Morgan fingerprint density at radius 1 is 1.36 bits per heavy atom. The number of carboxylic acids is 1. The van der Waals surface area contributed by atoms with Crippen LogP contribution in [0.2, 0.25) is 0 Å². The van der Waals surface area contributed by atoms with Crippen molar-refractivity contribution >= 4 is 21.9 Å². The number of aryl methyl sites for hydroxylation is 1. The lowest BCUT2D eigenvalue weighted by molar-refractivity contribution is -0.145. The van der Waals surface area contributed by atoms with Gasteiger partial charge in [-0.1, -0.05) is 47.5 Å². The van der Waals surface area contributed by atoms with Gasteiger partial charge < -0.3 is 5.11 Å². The molecule has 2 atom stereocenters. The summed E-state index contributed by atoms with van der Waals surface area (Å²) < 4.78 is 0.990. The van der Waals surface area contributed by atoms with Crippen molar-refractivity contribution in [1.29, 1.82) is 0 Å². The molecule has 1 aliphatic rings. The summed E-state index contributed by atoms with van der Waals surface area (Å²) >= 11 is 3.54. The van der Waals surface area contributed by atoms with E-state index < -0.39 is 12.0 Å². The van der Waals surface area contributed by atoms with Crippen molar-refractivity contribution in [2.24, 2.45) is 0 Å². The maximum absolute atomic E-state index is 11.8. The molecule has 5 heteroatoms. The van der Waals surface area contributed by atoms with E-state index >= 15 is 0 Å². The minimum Gasteiger partial charge on any atom is -0.480 e. The first kappa shape index (κ1) is 18.1. The highest BCUT2D eigenvalue weighted by molar-refractivity contribution is 9.10. The summed E-state index contributed by atoms with van der Waals surface area (Å²) in [5.74, 6) is -0.745. The summed E-state index contributed by atoms with van der Waals surface area (Å²) in [6.07, 6.45) is 5.51. The summed E-state index contributed by atoms with van der Waals surface area (Å²) in [5, 5.41) is 9.72. The zero-order chi connectivity index (χ0) is 17.8. The SMILES string of the molecule is CCc1ccc(C(c2cccc(Br)c2)N2CCCCC2C(=O)O)nc1. The van der Waals surface area contributed by atoms with E-state index in [-0.39, 0.29) is 6.04 Å². The zero-order valence-corrected chi connectivity index (χ0v) is 15.9. The fourth-order valence-corrected chi connectivity index (χ4v) is 3.96. The summed E-state index contributed by atoms with van der Waals surface area (Å²) in [7, 11) is 0. The van der Waals surface area contributed by atoms with Crippen molar-refractivity contribution in [3.8, 4) is 0 Å². The quantitative estimate of drug-likeness (QED) is 0.802. The predicted molar refractivity (Wildman–Crippen MR) is 102 cm³/mol. The highest BCUT2D eigenvalue weighted by Crippen LogP contribution is 2.34. The van der Waals surface area contributed by atoms with Crippen LogP contribution in [-0.2, 0) is 11.2 Å². The highest BCUT2D eigenvalue weighted by atomic mass is 79.9. The first-order valence-electron chi connectivity index (χ1n) is 8.79. The van der Waals surface area contributed by atoms with Crippen molar-refractivity contribution in [2.45, 2.75) is 44.7 Å². The van der Waals surface area contributed by atoms with Gasteiger partial charge in [-0.3, -0.25) is 14.7 Å². The number of aromatic nitrogens is 1. The van der Waals surface area contributed by atoms with Gasteiger partial charge >= 0.3 is 5.97 Å². The molecule has 25 heavy (non-hydrogen) atoms. The van der Waals surface area contributed by atoms with Crippen LogP contribution < -0.4 is 0 Å². The second-order valence-electron chi connectivity index (χ2n) is 6.49. The topological polar surface area (TPSA) is 53.4 Å². The van der Waals surface area contributed by atoms with E-state index in [1.165, 1.54) is 5.56 Å². The number of aliphatic carboxylic acids is 1. The number of carboxylic acid groups (broad SMARTS) is 1. The average molecular weight is 403 g/mol. The summed E-state index contributed by atoms with van der Waals surface area (Å²) in [6, 6.07) is 11.6. The van der Waals surface area contributed by atoms with Crippen LogP contribution in [0.25, 0.3) is 0 Å². The number of nitrogens with zero attached hydrogens (tertiary/aromatic N) is 2. The van der Waals surface area contributed by atoms with Crippen molar-refractivity contribution < 1.29 is 9.90 Å². The fraction of sp³-hybridized carbons (Fsp3) is 0.400. The summed E-state index contributed by atoms with van der Waals surface area (Å²) in [4.78, 5) is 18.6. The number of rotatable bonds is 5. The minimum atomic E-state index is -0.745. The second-order valence-corrected chi connectivity index (χ2v) is 7.41. The van der Waals surface area contributed by atoms with E-state index in [1.807, 2.05) is 24.4 Å². The Bertz CT molecular complexity index is 733. The number of likely N-dealkylation sites (tertiary alicyclic amines) is 1. The van der Waals surface area contributed by atoms with E-state index in [2.05, 4.69) is 50.9 Å². The second kappa shape index (κ2) is 8.11. The molecule has 2 unspecified atom stereocenters. The molecular weight excluding hydrogens is 380 g/mol. The molecule has 0 radical (unpaired) electrons. The third-order valence-corrected chi connectivity index (χ3v) is 5.35. The van der Waals surface area contributed by atoms with E-state index in [4.69, 9.17) is 0 Å². The molecule has 1 aliphatic heterocycles. The minimum absolute atomic E-state index is 0.148. The molecule has 0 bridgehead atoms. The Balaban J connectivity index is 2.05. The van der Waals surface area contributed by atoms with Gasteiger partial charge in [0.1, 0.15) is 6.04 Å². The predicted octanol–water partition coefficient (Wildman–Crippen LogP) is 4.44. The molecule has 1 fully saturated rings. The number of piperidine rings is 1. The van der Waals surface area contributed by atoms with Crippen molar-refractivity contribution in [2.75, 3.05) is 6.54 Å².